The van der Waals surface area contributed by atoms with Crippen LogP contribution < -0.4 is 5.73 Å². The van der Waals surface area contributed by atoms with E-state index in [0.717, 1.165) is 6.07 Å². The maximum Gasteiger partial charge on any atom is 0.248 e. The largest absolute Gasteiger partial charge is 0.366 e. The minimum atomic E-state index is -0.735. The lowest BCUT2D eigenvalue weighted by atomic mass is 10.1. The number of rotatable bonds is 2. The van der Waals surface area contributed by atoms with E-state index in [9.17, 15) is 14.0 Å². The average molecular weight is 167 g/mol. The molecular weight excluding hydrogens is 161 g/mol. The van der Waals surface area contributed by atoms with E-state index in [2.05, 4.69) is 0 Å². The van der Waals surface area contributed by atoms with Crippen LogP contribution in [0.2, 0.25) is 0 Å². The molecule has 0 unspecified atom stereocenters. The fraction of sp³-hybridized carbons (Fsp3) is 0. The van der Waals surface area contributed by atoms with Gasteiger partial charge in [-0.1, -0.05) is 0 Å². The Kier molecular flexibility index (Phi) is 2.19. The number of aldehydes is 1. The average Bonchev–Trinajstić information content (AvgIpc) is 2.04. The Morgan fingerprint density at radius 3 is 2.58 bits per heavy atom. The van der Waals surface area contributed by atoms with Crippen molar-refractivity contribution in [2.45, 2.75) is 0 Å². The number of halogens is 1. The Labute approximate surface area is 68.0 Å². The van der Waals surface area contributed by atoms with E-state index >= 15 is 0 Å². The first kappa shape index (κ1) is 8.39. The molecule has 0 aliphatic carbocycles. The maximum absolute atomic E-state index is 12.8. The molecule has 62 valence electrons. The van der Waals surface area contributed by atoms with Gasteiger partial charge < -0.3 is 5.73 Å². The van der Waals surface area contributed by atoms with E-state index in [-0.39, 0.29) is 11.1 Å². The highest BCUT2D eigenvalue weighted by Crippen LogP contribution is 2.07. The zero-order valence-electron chi connectivity index (χ0n) is 6.08. The van der Waals surface area contributed by atoms with Gasteiger partial charge in [0.05, 0.1) is 5.56 Å². The number of hydrogen-bond donors (Lipinski definition) is 1. The molecule has 0 bridgehead atoms. The van der Waals surface area contributed by atoms with E-state index in [1.165, 1.54) is 12.1 Å². The first-order valence-corrected chi connectivity index (χ1v) is 3.19. The lowest BCUT2D eigenvalue weighted by Crippen LogP contribution is -2.11. The second-order valence-electron chi connectivity index (χ2n) is 2.22. The van der Waals surface area contributed by atoms with Crippen molar-refractivity contribution >= 4 is 12.2 Å². The minimum Gasteiger partial charge on any atom is -0.366 e. The zero-order valence-corrected chi connectivity index (χ0v) is 6.08. The number of carbonyl (C=O) groups is 2. The van der Waals surface area contributed by atoms with Crippen LogP contribution in [0.5, 0.6) is 0 Å². The number of nitrogens with two attached hydrogens (primary N) is 1. The number of primary amides is 1. The van der Waals surface area contributed by atoms with Gasteiger partial charge in [-0.25, -0.2) is 4.39 Å². The summed E-state index contributed by atoms with van der Waals surface area (Å²) in [6, 6.07) is 3.45. The van der Waals surface area contributed by atoms with Crippen LogP contribution in [0.25, 0.3) is 0 Å². The van der Waals surface area contributed by atoms with Crippen LogP contribution in [-0.4, -0.2) is 12.2 Å². The lowest BCUT2D eigenvalue weighted by molar-refractivity contribution is 0.0998. The van der Waals surface area contributed by atoms with Gasteiger partial charge in [-0.2, -0.15) is 0 Å². The first-order valence-electron chi connectivity index (χ1n) is 3.19. The molecule has 0 aromatic heterocycles. The Hall–Kier alpha value is -1.71. The fourth-order valence-corrected chi connectivity index (χ4v) is 0.776. The van der Waals surface area contributed by atoms with Crippen molar-refractivity contribution in [1.29, 1.82) is 0 Å². The van der Waals surface area contributed by atoms with Crippen molar-refractivity contribution in [3.05, 3.63) is 35.1 Å². The summed E-state index contributed by atoms with van der Waals surface area (Å²) >= 11 is 0. The molecule has 0 heterocycles. The number of amides is 1. The molecule has 1 aromatic rings. The third-order valence-electron chi connectivity index (χ3n) is 1.41. The summed E-state index contributed by atoms with van der Waals surface area (Å²) in [4.78, 5) is 20.7. The second-order valence-corrected chi connectivity index (χ2v) is 2.22. The molecule has 1 aromatic carbocycles. The van der Waals surface area contributed by atoms with Crippen LogP contribution in [-0.2, 0) is 0 Å². The summed E-state index contributed by atoms with van der Waals surface area (Å²) in [5.74, 6) is -1.45. The van der Waals surface area contributed by atoms with Crippen LogP contribution in [0.15, 0.2) is 18.2 Å². The van der Waals surface area contributed by atoms with Crippen LogP contribution >= 0.6 is 0 Å². The molecule has 12 heavy (non-hydrogen) atoms. The highest BCUT2D eigenvalue weighted by atomic mass is 19.1. The fourth-order valence-electron chi connectivity index (χ4n) is 0.776. The van der Waals surface area contributed by atoms with Gasteiger partial charge in [-0.15, -0.1) is 0 Å². The van der Waals surface area contributed by atoms with Crippen molar-refractivity contribution in [2.75, 3.05) is 0 Å². The molecule has 0 spiro atoms. The Balaban J connectivity index is 3.18. The summed E-state index contributed by atoms with van der Waals surface area (Å²) in [5.41, 5.74) is 4.85. The van der Waals surface area contributed by atoms with E-state index in [0.29, 0.717) is 6.29 Å². The van der Waals surface area contributed by atoms with E-state index in [4.69, 9.17) is 5.73 Å². The quantitative estimate of drug-likeness (QED) is 0.660. The number of carbonyl (C=O) groups excluding carboxylic acids is 2. The molecule has 0 radical (unpaired) electrons. The Morgan fingerprint density at radius 1 is 1.50 bits per heavy atom. The Bertz CT molecular complexity index is 336. The van der Waals surface area contributed by atoms with Gasteiger partial charge in [0, 0.05) is 5.56 Å². The van der Waals surface area contributed by atoms with E-state index in [1.54, 1.807) is 0 Å². The number of hydrogen-bond acceptors (Lipinski definition) is 2. The van der Waals surface area contributed by atoms with Gasteiger partial charge in [-0.05, 0) is 18.2 Å². The molecular formula is C8H6FNO2. The van der Waals surface area contributed by atoms with Gasteiger partial charge >= 0.3 is 0 Å². The first-order chi connectivity index (χ1) is 5.65. The smallest absolute Gasteiger partial charge is 0.248 e. The summed E-state index contributed by atoms with van der Waals surface area (Å²) in [6.07, 6.45) is 0.375. The highest BCUT2D eigenvalue weighted by molar-refractivity contribution is 5.93. The van der Waals surface area contributed by atoms with Crippen molar-refractivity contribution in [2.24, 2.45) is 5.73 Å². The van der Waals surface area contributed by atoms with Crippen molar-refractivity contribution in [1.82, 2.24) is 0 Å². The summed E-state index contributed by atoms with van der Waals surface area (Å²) in [7, 11) is 0. The normalized spacial score (nSPS) is 9.42. The monoisotopic (exact) mass is 167 g/mol. The summed E-state index contributed by atoms with van der Waals surface area (Å²) < 4.78 is 12.8. The van der Waals surface area contributed by atoms with Crippen molar-refractivity contribution in [3.8, 4) is 0 Å². The SMILES string of the molecule is NC(=O)c1ccc(C=O)c(F)c1. The Morgan fingerprint density at radius 2 is 2.17 bits per heavy atom. The third-order valence-corrected chi connectivity index (χ3v) is 1.41. The molecule has 0 fully saturated rings. The van der Waals surface area contributed by atoms with Gasteiger partial charge in [0.1, 0.15) is 5.82 Å². The lowest BCUT2D eigenvalue weighted by Gasteiger charge is -1.96. The molecule has 0 aliphatic heterocycles. The van der Waals surface area contributed by atoms with Crippen LogP contribution in [0, 0.1) is 5.82 Å². The van der Waals surface area contributed by atoms with Gasteiger partial charge in [0.25, 0.3) is 0 Å². The van der Waals surface area contributed by atoms with Crippen molar-refractivity contribution in [3.63, 3.8) is 0 Å². The summed E-state index contributed by atoms with van der Waals surface area (Å²) in [6.45, 7) is 0. The molecule has 1 amide bonds. The van der Waals surface area contributed by atoms with Crippen molar-refractivity contribution < 1.29 is 14.0 Å². The van der Waals surface area contributed by atoms with Gasteiger partial charge in [-0.3, -0.25) is 9.59 Å². The molecule has 2 N–H and O–H groups in total. The van der Waals surface area contributed by atoms with Gasteiger partial charge in [0.15, 0.2) is 6.29 Å². The van der Waals surface area contributed by atoms with Crippen LogP contribution in [0.4, 0.5) is 4.39 Å². The predicted molar refractivity (Wildman–Crippen MR) is 40.3 cm³/mol. The maximum atomic E-state index is 12.8. The molecule has 4 heteroatoms. The molecule has 3 nitrogen and oxygen atoms in total. The van der Waals surface area contributed by atoms with Crippen LogP contribution in [0.1, 0.15) is 20.7 Å². The summed E-state index contributed by atoms with van der Waals surface area (Å²) in [5, 5.41) is 0. The molecule has 0 aliphatic rings. The molecule has 0 saturated carbocycles. The molecule has 0 saturated heterocycles. The predicted octanol–water partition coefficient (Wildman–Crippen LogP) is 0.737. The molecule has 0 atom stereocenters. The molecule has 1 rings (SSSR count). The third kappa shape index (κ3) is 1.47. The van der Waals surface area contributed by atoms with Crippen LogP contribution in [0.3, 0.4) is 0 Å². The van der Waals surface area contributed by atoms with E-state index < -0.39 is 11.7 Å². The zero-order chi connectivity index (χ0) is 9.14. The second kappa shape index (κ2) is 3.13. The van der Waals surface area contributed by atoms with E-state index in [1.807, 2.05) is 0 Å². The number of benzene rings is 1. The topological polar surface area (TPSA) is 60.2 Å². The standard InChI is InChI=1S/C8H6FNO2/c9-7-3-5(8(10)12)1-2-6(7)4-11/h1-4H,(H2,10,12). The van der Waals surface area contributed by atoms with Gasteiger partial charge in [0.2, 0.25) is 5.91 Å². The minimum absolute atomic E-state index is 0.0538. The highest BCUT2D eigenvalue weighted by Gasteiger charge is 2.05.